The van der Waals surface area contributed by atoms with Crippen LogP contribution in [0.2, 0.25) is 0 Å². The van der Waals surface area contributed by atoms with Gasteiger partial charge in [0.2, 0.25) is 0 Å². The van der Waals surface area contributed by atoms with Crippen LogP contribution in [-0.2, 0) is 20.2 Å². The van der Waals surface area contributed by atoms with Crippen LogP contribution in [0.15, 0.2) is 24.4 Å². The molecule has 5 heteroatoms. The average Bonchev–Trinajstić information content (AvgIpc) is 2.73. The Morgan fingerprint density at radius 3 is 2.57 bits per heavy atom. The molecule has 0 saturated heterocycles. The molecule has 0 atom stereocenters. The Bertz CT molecular complexity index is 581. The molecule has 1 N–H and O–H groups in total. The summed E-state index contributed by atoms with van der Waals surface area (Å²) in [6, 6.07) is 5.97. The van der Waals surface area contributed by atoms with Crippen molar-refractivity contribution in [3.8, 4) is 5.75 Å². The second-order valence-corrected chi connectivity index (χ2v) is 6.28. The van der Waals surface area contributed by atoms with Crippen molar-refractivity contribution in [3.05, 3.63) is 41.5 Å². The molecule has 0 spiro atoms. The third kappa shape index (κ3) is 4.86. The largest absolute Gasteiger partial charge is 0.486 e. The van der Waals surface area contributed by atoms with E-state index in [9.17, 15) is 0 Å². The van der Waals surface area contributed by atoms with Gasteiger partial charge in [-0.2, -0.15) is 5.10 Å². The SMILES string of the molecule is Cc1cc(COc2ccc(CNC(C)(C)C)nc2)n(C)n1. The monoisotopic (exact) mass is 288 g/mol. The summed E-state index contributed by atoms with van der Waals surface area (Å²) in [5.41, 5.74) is 3.14. The Morgan fingerprint density at radius 1 is 1.29 bits per heavy atom. The van der Waals surface area contributed by atoms with Crippen LogP contribution < -0.4 is 10.1 Å². The number of nitrogens with zero attached hydrogens (tertiary/aromatic N) is 3. The minimum absolute atomic E-state index is 0.0915. The number of pyridine rings is 1. The van der Waals surface area contributed by atoms with Crippen LogP contribution in [0.3, 0.4) is 0 Å². The van der Waals surface area contributed by atoms with Gasteiger partial charge in [-0.3, -0.25) is 9.67 Å². The first-order valence-electron chi connectivity index (χ1n) is 7.16. The minimum atomic E-state index is 0.0915. The Labute approximate surface area is 126 Å². The summed E-state index contributed by atoms with van der Waals surface area (Å²) in [4.78, 5) is 4.41. The molecule has 0 aromatic carbocycles. The van der Waals surface area contributed by atoms with Gasteiger partial charge in [-0.1, -0.05) is 0 Å². The number of hydrogen-bond donors (Lipinski definition) is 1. The predicted molar refractivity (Wildman–Crippen MR) is 83.1 cm³/mol. The highest BCUT2D eigenvalue weighted by Gasteiger charge is 2.09. The molecule has 0 unspecified atom stereocenters. The minimum Gasteiger partial charge on any atom is -0.486 e. The Balaban J connectivity index is 1.89. The number of aromatic nitrogens is 3. The van der Waals surface area contributed by atoms with E-state index in [1.807, 2.05) is 36.9 Å². The maximum absolute atomic E-state index is 5.74. The van der Waals surface area contributed by atoms with Crippen molar-refractivity contribution in [2.45, 2.75) is 46.4 Å². The van der Waals surface area contributed by atoms with E-state index in [1.54, 1.807) is 6.20 Å². The molecule has 0 aliphatic rings. The molecule has 0 fully saturated rings. The molecule has 0 aliphatic heterocycles. The van der Waals surface area contributed by atoms with Crippen molar-refractivity contribution >= 4 is 0 Å². The van der Waals surface area contributed by atoms with E-state index in [-0.39, 0.29) is 5.54 Å². The summed E-state index contributed by atoms with van der Waals surface area (Å²) in [6.45, 7) is 9.65. The molecule has 0 saturated carbocycles. The summed E-state index contributed by atoms with van der Waals surface area (Å²) in [6.07, 6.45) is 1.77. The third-order valence-corrected chi connectivity index (χ3v) is 3.08. The standard InChI is InChI=1S/C16H24N4O/c1-12-8-14(20(5)19-12)11-21-15-7-6-13(17-10-15)9-18-16(2,3)4/h6-8,10,18H,9,11H2,1-5H3. The lowest BCUT2D eigenvalue weighted by Crippen LogP contribution is -2.35. The summed E-state index contributed by atoms with van der Waals surface area (Å²) in [5.74, 6) is 0.772. The molecule has 0 aliphatic carbocycles. The highest BCUT2D eigenvalue weighted by atomic mass is 16.5. The van der Waals surface area contributed by atoms with Crippen molar-refractivity contribution in [1.29, 1.82) is 0 Å². The van der Waals surface area contributed by atoms with E-state index < -0.39 is 0 Å². The second kappa shape index (κ2) is 6.26. The summed E-state index contributed by atoms with van der Waals surface area (Å²) < 4.78 is 7.58. The lowest BCUT2D eigenvalue weighted by atomic mass is 10.1. The van der Waals surface area contributed by atoms with E-state index in [0.717, 1.165) is 29.4 Å². The van der Waals surface area contributed by atoms with Crippen molar-refractivity contribution in [3.63, 3.8) is 0 Å². The molecule has 114 valence electrons. The number of hydrogen-bond acceptors (Lipinski definition) is 4. The fourth-order valence-corrected chi connectivity index (χ4v) is 1.91. The van der Waals surface area contributed by atoms with Crippen molar-refractivity contribution in [2.75, 3.05) is 0 Å². The molecule has 2 aromatic rings. The predicted octanol–water partition coefficient (Wildman–Crippen LogP) is 2.59. The van der Waals surface area contributed by atoms with Gasteiger partial charge < -0.3 is 10.1 Å². The van der Waals surface area contributed by atoms with Gasteiger partial charge in [-0.15, -0.1) is 0 Å². The summed E-state index contributed by atoms with van der Waals surface area (Å²) in [5, 5.41) is 7.71. The van der Waals surface area contributed by atoms with Gasteiger partial charge in [-0.05, 0) is 45.9 Å². The van der Waals surface area contributed by atoms with Gasteiger partial charge in [0, 0.05) is 19.1 Å². The molecular weight excluding hydrogens is 264 g/mol. The summed E-state index contributed by atoms with van der Waals surface area (Å²) >= 11 is 0. The smallest absolute Gasteiger partial charge is 0.138 e. The molecule has 0 radical (unpaired) electrons. The number of aryl methyl sites for hydroxylation is 2. The second-order valence-electron chi connectivity index (χ2n) is 6.28. The first-order valence-corrected chi connectivity index (χ1v) is 7.16. The zero-order chi connectivity index (χ0) is 15.5. The molecular formula is C16H24N4O. The van der Waals surface area contributed by atoms with Gasteiger partial charge in [0.15, 0.2) is 0 Å². The fourth-order valence-electron chi connectivity index (χ4n) is 1.91. The normalized spacial score (nSPS) is 11.7. The molecule has 5 nitrogen and oxygen atoms in total. The Hall–Kier alpha value is -1.88. The van der Waals surface area contributed by atoms with Crippen molar-refractivity contribution in [1.82, 2.24) is 20.1 Å². The molecule has 0 bridgehead atoms. The molecule has 2 rings (SSSR count). The Morgan fingerprint density at radius 2 is 2.05 bits per heavy atom. The van der Waals surface area contributed by atoms with Crippen LogP contribution in [0.1, 0.15) is 37.9 Å². The van der Waals surface area contributed by atoms with Crippen LogP contribution in [0, 0.1) is 6.92 Å². The van der Waals surface area contributed by atoms with E-state index in [1.165, 1.54) is 0 Å². The lowest BCUT2D eigenvalue weighted by Gasteiger charge is -2.20. The van der Waals surface area contributed by atoms with Crippen LogP contribution in [0.25, 0.3) is 0 Å². The third-order valence-electron chi connectivity index (χ3n) is 3.08. The first kappa shape index (κ1) is 15.5. The van der Waals surface area contributed by atoms with Gasteiger partial charge >= 0.3 is 0 Å². The molecule has 2 heterocycles. The van der Waals surface area contributed by atoms with Crippen LogP contribution in [0.5, 0.6) is 5.75 Å². The fraction of sp³-hybridized carbons (Fsp3) is 0.500. The molecule has 0 amide bonds. The molecule has 21 heavy (non-hydrogen) atoms. The van der Waals surface area contributed by atoms with Gasteiger partial charge in [0.1, 0.15) is 12.4 Å². The van der Waals surface area contributed by atoms with Crippen molar-refractivity contribution in [2.24, 2.45) is 7.05 Å². The first-order chi connectivity index (χ1) is 9.83. The van der Waals surface area contributed by atoms with E-state index in [2.05, 4.69) is 36.2 Å². The topological polar surface area (TPSA) is 52.0 Å². The van der Waals surface area contributed by atoms with Gasteiger partial charge in [0.05, 0.1) is 23.3 Å². The average molecular weight is 288 g/mol. The highest BCUT2D eigenvalue weighted by molar-refractivity contribution is 5.20. The number of ether oxygens (including phenoxy) is 1. The van der Waals surface area contributed by atoms with Crippen LogP contribution >= 0.6 is 0 Å². The maximum Gasteiger partial charge on any atom is 0.138 e. The lowest BCUT2D eigenvalue weighted by molar-refractivity contribution is 0.293. The highest BCUT2D eigenvalue weighted by Crippen LogP contribution is 2.13. The van der Waals surface area contributed by atoms with Crippen LogP contribution in [0.4, 0.5) is 0 Å². The quantitative estimate of drug-likeness (QED) is 0.919. The van der Waals surface area contributed by atoms with E-state index in [0.29, 0.717) is 6.61 Å². The zero-order valence-corrected chi connectivity index (χ0v) is 13.5. The number of nitrogens with one attached hydrogen (secondary N) is 1. The van der Waals surface area contributed by atoms with Gasteiger partial charge in [0.25, 0.3) is 0 Å². The molecule has 2 aromatic heterocycles. The van der Waals surface area contributed by atoms with Crippen LogP contribution in [-0.4, -0.2) is 20.3 Å². The van der Waals surface area contributed by atoms with E-state index in [4.69, 9.17) is 4.74 Å². The number of rotatable bonds is 5. The van der Waals surface area contributed by atoms with Gasteiger partial charge in [-0.25, -0.2) is 0 Å². The zero-order valence-electron chi connectivity index (χ0n) is 13.5. The Kier molecular flexibility index (Phi) is 4.63. The van der Waals surface area contributed by atoms with E-state index >= 15 is 0 Å². The van der Waals surface area contributed by atoms with Crippen molar-refractivity contribution < 1.29 is 4.74 Å². The summed E-state index contributed by atoms with van der Waals surface area (Å²) in [7, 11) is 1.92. The maximum atomic E-state index is 5.74.